The first-order valence-corrected chi connectivity index (χ1v) is 6.17. The van der Waals surface area contributed by atoms with Crippen molar-refractivity contribution in [1.29, 1.82) is 0 Å². The molecule has 1 heterocycles. The van der Waals surface area contributed by atoms with Crippen molar-refractivity contribution in [2.24, 2.45) is 0 Å². The molecule has 3 nitrogen and oxygen atoms in total. The Hall–Kier alpha value is -2.68. The maximum atomic E-state index is 5.92. The first kappa shape index (κ1) is 10.3. The third kappa shape index (κ3) is 1.52. The van der Waals surface area contributed by atoms with Crippen LogP contribution in [0.2, 0.25) is 0 Å². The first-order valence-electron chi connectivity index (χ1n) is 6.17. The Bertz CT molecular complexity index is 796. The zero-order chi connectivity index (χ0) is 12.8. The number of nitrogens with one attached hydrogen (secondary N) is 1. The SMILES string of the molecule is Nc1ccc2c(c1)Oc1ccc3ccccc3c1N2. The van der Waals surface area contributed by atoms with Gasteiger partial charge in [0.05, 0.1) is 11.4 Å². The third-order valence-corrected chi connectivity index (χ3v) is 3.38. The number of rotatable bonds is 0. The predicted molar refractivity (Wildman–Crippen MR) is 78.2 cm³/mol. The fraction of sp³-hybridized carbons (Fsp3) is 0. The Kier molecular flexibility index (Phi) is 1.97. The minimum Gasteiger partial charge on any atom is -0.453 e. The van der Waals surface area contributed by atoms with Gasteiger partial charge in [-0.15, -0.1) is 0 Å². The van der Waals surface area contributed by atoms with Crippen LogP contribution in [0.15, 0.2) is 54.6 Å². The summed E-state index contributed by atoms with van der Waals surface area (Å²) in [6, 6.07) is 17.9. The zero-order valence-corrected chi connectivity index (χ0v) is 10.2. The summed E-state index contributed by atoms with van der Waals surface area (Å²) in [4.78, 5) is 0. The summed E-state index contributed by atoms with van der Waals surface area (Å²) in [6.07, 6.45) is 0. The molecule has 19 heavy (non-hydrogen) atoms. The van der Waals surface area contributed by atoms with Gasteiger partial charge in [0.1, 0.15) is 0 Å². The first-order chi connectivity index (χ1) is 9.31. The van der Waals surface area contributed by atoms with E-state index in [0.717, 1.165) is 28.3 Å². The van der Waals surface area contributed by atoms with Gasteiger partial charge in [0.2, 0.25) is 0 Å². The number of hydrogen-bond acceptors (Lipinski definition) is 3. The van der Waals surface area contributed by atoms with Crippen molar-refractivity contribution in [1.82, 2.24) is 0 Å². The van der Waals surface area contributed by atoms with Gasteiger partial charge in [-0.25, -0.2) is 0 Å². The minimum atomic E-state index is 0.699. The number of fused-ring (bicyclic) bond motifs is 4. The average Bonchev–Trinajstić information content (AvgIpc) is 2.45. The molecule has 0 fully saturated rings. The van der Waals surface area contributed by atoms with Crippen molar-refractivity contribution >= 4 is 27.8 Å². The summed E-state index contributed by atoms with van der Waals surface area (Å²) in [6.45, 7) is 0. The van der Waals surface area contributed by atoms with Crippen LogP contribution in [0.1, 0.15) is 0 Å². The van der Waals surface area contributed by atoms with Gasteiger partial charge in [-0.3, -0.25) is 0 Å². The molecule has 3 aromatic carbocycles. The average molecular weight is 248 g/mol. The van der Waals surface area contributed by atoms with Gasteiger partial charge < -0.3 is 15.8 Å². The summed E-state index contributed by atoms with van der Waals surface area (Å²) in [7, 11) is 0. The molecule has 3 heteroatoms. The normalized spacial score (nSPS) is 12.2. The highest BCUT2D eigenvalue weighted by atomic mass is 16.5. The summed E-state index contributed by atoms with van der Waals surface area (Å²) < 4.78 is 5.92. The number of nitrogen functional groups attached to an aromatic ring is 1. The molecule has 0 aromatic heterocycles. The van der Waals surface area contributed by atoms with Crippen molar-refractivity contribution in [2.75, 3.05) is 11.1 Å². The number of nitrogens with two attached hydrogens (primary N) is 1. The van der Waals surface area contributed by atoms with Crippen molar-refractivity contribution in [3.05, 3.63) is 54.6 Å². The van der Waals surface area contributed by atoms with Crippen LogP contribution in [0.25, 0.3) is 10.8 Å². The lowest BCUT2D eigenvalue weighted by atomic mass is 10.1. The fourth-order valence-electron chi connectivity index (χ4n) is 2.45. The smallest absolute Gasteiger partial charge is 0.153 e. The lowest BCUT2D eigenvalue weighted by Crippen LogP contribution is -2.03. The lowest BCUT2D eigenvalue weighted by molar-refractivity contribution is 0.482. The second-order valence-electron chi connectivity index (χ2n) is 4.64. The van der Waals surface area contributed by atoms with Crippen molar-refractivity contribution in [3.63, 3.8) is 0 Å². The van der Waals surface area contributed by atoms with Crippen LogP contribution in [0.5, 0.6) is 11.5 Å². The zero-order valence-electron chi connectivity index (χ0n) is 10.2. The van der Waals surface area contributed by atoms with Crippen molar-refractivity contribution in [3.8, 4) is 11.5 Å². The topological polar surface area (TPSA) is 47.3 Å². The summed E-state index contributed by atoms with van der Waals surface area (Å²) in [5.41, 5.74) is 8.44. The van der Waals surface area contributed by atoms with Gasteiger partial charge in [-0.2, -0.15) is 0 Å². The second-order valence-corrected chi connectivity index (χ2v) is 4.64. The van der Waals surface area contributed by atoms with E-state index in [1.165, 1.54) is 5.39 Å². The monoisotopic (exact) mass is 248 g/mol. The molecular weight excluding hydrogens is 236 g/mol. The minimum absolute atomic E-state index is 0.699. The molecule has 0 radical (unpaired) electrons. The van der Waals surface area contributed by atoms with Crippen LogP contribution in [-0.2, 0) is 0 Å². The molecule has 0 aliphatic carbocycles. The van der Waals surface area contributed by atoms with Gasteiger partial charge in [0, 0.05) is 17.1 Å². The highest BCUT2D eigenvalue weighted by Gasteiger charge is 2.18. The largest absolute Gasteiger partial charge is 0.453 e. The van der Waals surface area contributed by atoms with E-state index in [9.17, 15) is 0 Å². The summed E-state index contributed by atoms with van der Waals surface area (Å²) in [5.74, 6) is 1.60. The molecule has 0 spiro atoms. The van der Waals surface area contributed by atoms with E-state index in [1.54, 1.807) is 0 Å². The van der Waals surface area contributed by atoms with E-state index >= 15 is 0 Å². The molecule has 0 saturated carbocycles. The van der Waals surface area contributed by atoms with E-state index in [4.69, 9.17) is 10.5 Å². The van der Waals surface area contributed by atoms with Crippen molar-refractivity contribution in [2.45, 2.75) is 0 Å². The second kappa shape index (κ2) is 3.65. The quantitative estimate of drug-likeness (QED) is 0.457. The Morgan fingerprint density at radius 3 is 2.74 bits per heavy atom. The summed E-state index contributed by atoms with van der Waals surface area (Å²) in [5, 5.41) is 5.78. The molecule has 3 N–H and O–H groups in total. The fourth-order valence-corrected chi connectivity index (χ4v) is 2.45. The molecule has 3 aromatic rings. The Labute approximate surface area is 110 Å². The molecule has 1 aliphatic rings. The van der Waals surface area contributed by atoms with E-state index in [-0.39, 0.29) is 0 Å². The molecule has 0 atom stereocenters. The highest BCUT2D eigenvalue weighted by molar-refractivity contribution is 6.00. The summed E-state index contributed by atoms with van der Waals surface area (Å²) >= 11 is 0. The third-order valence-electron chi connectivity index (χ3n) is 3.38. The van der Waals surface area contributed by atoms with E-state index in [2.05, 4.69) is 23.5 Å². The molecule has 4 rings (SSSR count). The van der Waals surface area contributed by atoms with Crippen LogP contribution < -0.4 is 15.8 Å². The Morgan fingerprint density at radius 1 is 0.895 bits per heavy atom. The number of anilines is 3. The predicted octanol–water partition coefficient (Wildman–Crippen LogP) is 4.27. The standard InChI is InChI=1S/C16H12N2O/c17-11-6-7-13-15(9-11)19-14-8-5-10-3-1-2-4-12(10)16(14)18-13/h1-9,18H,17H2. The van der Waals surface area contributed by atoms with E-state index < -0.39 is 0 Å². The van der Waals surface area contributed by atoms with Gasteiger partial charge >= 0.3 is 0 Å². The van der Waals surface area contributed by atoms with Gasteiger partial charge in [0.25, 0.3) is 0 Å². The van der Waals surface area contributed by atoms with Crippen LogP contribution in [0.4, 0.5) is 17.1 Å². The Balaban J connectivity index is 1.94. The van der Waals surface area contributed by atoms with Crippen LogP contribution >= 0.6 is 0 Å². The van der Waals surface area contributed by atoms with Gasteiger partial charge in [-0.05, 0) is 23.6 Å². The molecule has 0 bridgehead atoms. The number of benzene rings is 3. The lowest BCUT2D eigenvalue weighted by Gasteiger charge is -2.23. The van der Waals surface area contributed by atoms with Crippen LogP contribution in [0.3, 0.4) is 0 Å². The molecule has 0 saturated heterocycles. The number of ether oxygens (including phenoxy) is 1. The number of hydrogen-bond donors (Lipinski definition) is 2. The molecule has 0 amide bonds. The molecule has 0 unspecified atom stereocenters. The van der Waals surface area contributed by atoms with Crippen LogP contribution in [-0.4, -0.2) is 0 Å². The van der Waals surface area contributed by atoms with Gasteiger partial charge in [0.15, 0.2) is 11.5 Å². The maximum absolute atomic E-state index is 5.92. The van der Waals surface area contributed by atoms with Gasteiger partial charge in [-0.1, -0.05) is 30.3 Å². The maximum Gasteiger partial charge on any atom is 0.153 e. The molecule has 92 valence electrons. The highest BCUT2D eigenvalue weighted by Crippen LogP contribution is 2.45. The van der Waals surface area contributed by atoms with Crippen molar-refractivity contribution < 1.29 is 4.74 Å². The molecule has 1 aliphatic heterocycles. The van der Waals surface area contributed by atoms with E-state index in [0.29, 0.717) is 5.69 Å². The van der Waals surface area contributed by atoms with Crippen LogP contribution in [0, 0.1) is 0 Å². The Morgan fingerprint density at radius 2 is 1.79 bits per heavy atom. The van der Waals surface area contributed by atoms with E-state index in [1.807, 2.05) is 36.4 Å². The molecular formula is C16H12N2O.